The smallest absolute Gasteiger partial charge is 0.178 e. The molecule has 19 heavy (non-hydrogen) atoms. The fourth-order valence-corrected chi connectivity index (χ4v) is 2.32. The van der Waals surface area contributed by atoms with Crippen molar-refractivity contribution in [1.29, 1.82) is 0 Å². The minimum absolute atomic E-state index is 0.170. The van der Waals surface area contributed by atoms with Gasteiger partial charge in [-0.25, -0.2) is 18.1 Å². The normalized spacial score (nSPS) is 11.7. The summed E-state index contributed by atoms with van der Waals surface area (Å²) in [5.74, 6) is 0.952. The van der Waals surface area contributed by atoms with Gasteiger partial charge in [0.1, 0.15) is 4.90 Å². The maximum Gasteiger partial charge on any atom is 0.178 e. The second-order valence-electron chi connectivity index (χ2n) is 4.20. The second kappa shape index (κ2) is 5.30. The SMILES string of the molecule is CCc1cc(CCl)cc(-n2cc(S(C)(=O)=O)cn2)n1. The molecule has 0 saturated carbocycles. The molecule has 0 fully saturated rings. The van der Waals surface area contributed by atoms with Crippen LogP contribution in [0.3, 0.4) is 0 Å². The summed E-state index contributed by atoms with van der Waals surface area (Å²) in [4.78, 5) is 4.58. The minimum atomic E-state index is -3.26. The molecule has 0 bridgehead atoms. The van der Waals surface area contributed by atoms with E-state index >= 15 is 0 Å². The van der Waals surface area contributed by atoms with Crippen LogP contribution in [0, 0.1) is 0 Å². The van der Waals surface area contributed by atoms with Gasteiger partial charge in [0.2, 0.25) is 0 Å². The third-order valence-electron chi connectivity index (χ3n) is 2.66. The fourth-order valence-electron chi connectivity index (χ4n) is 1.63. The summed E-state index contributed by atoms with van der Waals surface area (Å²) in [5.41, 5.74) is 1.82. The standard InChI is InChI=1S/C12H14ClN3O2S/c1-3-10-4-9(6-13)5-12(15-10)16-8-11(7-14-16)19(2,17)18/h4-5,7-8H,3,6H2,1-2H3. The highest BCUT2D eigenvalue weighted by molar-refractivity contribution is 7.90. The Hall–Kier alpha value is -1.40. The molecule has 0 aliphatic heterocycles. The first-order valence-electron chi connectivity index (χ1n) is 5.75. The topological polar surface area (TPSA) is 64.8 Å². The Morgan fingerprint density at radius 1 is 1.37 bits per heavy atom. The van der Waals surface area contributed by atoms with Crippen LogP contribution in [-0.4, -0.2) is 29.4 Å². The summed E-state index contributed by atoms with van der Waals surface area (Å²) >= 11 is 5.84. The first-order chi connectivity index (χ1) is 8.94. The second-order valence-corrected chi connectivity index (χ2v) is 6.49. The zero-order chi connectivity index (χ0) is 14.0. The van der Waals surface area contributed by atoms with E-state index in [9.17, 15) is 8.42 Å². The van der Waals surface area contributed by atoms with Gasteiger partial charge in [-0.2, -0.15) is 5.10 Å². The Kier molecular flexibility index (Phi) is 3.91. The van der Waals surface area contributed by atoms with E-state index in [0.717, 1.165) is 23.9 Å². The van der Waals surface area contributed by atoms with Crippen LogP contribution in [0.5, 0.6) is 0 Å². The lowest BCUT2D eigenvalue weighted by molar-refractivity contribution is 0.602. The molecule has 0 amide bonds. The van der Waals surface area contributed by atoms with Gasteiger partial charge in [0.15, 0.2) is 15.7 Å². The molecule has 0 aliphatic carbocycles. The largest absolute Gasteiger partial charge is 0.234 e. The zero-order valence-electron chi connectivity index (χ0n) is 10.7. The maximum atomic E-state index is 11.4. The van der Waals surface area contributed by atoms with Gasteiger partial charge >= 0.3 is 0 Å². The van der Waals surface area contributed by atoms with Crippen molar-refractivity contribution in [2.45, 2.75) is 24.1 Å². The van der Waals surface area contributed by atoms with Crippen LogP contribution in [0.1, 0.15) is 18.2 Å². The Bertz CT molecular complexity index is 673. The van der Waals surface area contributed by atoms with Gasteiger partial charge in [0, 0.05) is 17.8 Å². The van der Waals surface area contributed by atoms with E-state index < -0.39 is 9.84 Å². The Labute approximate surface area is 117 Å². The lowest BCUT2D eigenvalue weighted by Gasteiger charge is -2.05. The average molecular weight is 300 g/mol. The molecule has 2 aromatic rings. The van der Waals surface area contributed by atoms with Crippen LogP contribution in [0.2, 0.25) is 0 Å². The molecule has 0 aliphatic rings. The van der Waals surface area contributed by atoms with Crippen LogP contribution in [0.4, 0.5) is 0 Å². The van der Waals surface area contributed by atoms with E-state index in [-0.39, 0.29) is 4.90 Å². The number of hydrogen-bond acceptors (Lipinski definition) is 4. The van der Waals surface area contributed by atoms with E-state index in [1.54, 1.807) is 6.07 Å². The number of nitrogens with zero attached hydrogens (tertiary/aromatic N) is 3. The number of pyridine rings is 1. The number of hydrogen-bond donors (Lipinski definition) is 0. The highest BCUT2D eigenvalue weighted by atomic mass is 35.5. The van der Waals surface area contributed by atoms with Gasteiger partial charge in [0.25, 0.3) is 0 Å². The molecule has 0 unspecified atom stereocenters. The number of aryl methyl sites for hydroxylation is 1. The van der Waals surface area contributed by atoms with Gasteiger partial charge < -0.3 is 0 Å². The van der Waals surface area contributed by atoms with E-state index in [0.29, 0.717) is 11.7 Å². The first-order valence-corrected chi connectivity index (χ1v) is 8.17. The predicted molar refractivity (Wildman–Crippen MR) is 73.4 cm³/mol. The van der Waals surface area contributed by atoms with E-state index in [2.05, 4.69) is 10.1 Å². The van der Waals surface area contributed by atoms with Crippen LogP contribution in [0.25, 0.3) is 5.82 Å². The molecular weight excluding hydrogens is 286 g/mol. The van der Waals surface area contributed by atoms with Crippen LogP contribution in [0.15, 0.2) is 29.4 Å². The molecule has 0 spiro atoms. The molecule has 5 nitrogen and oxygen atoms in total. The number of sulfone groups is 1. The summed E-state index contributed by atoms with van der Waals surface area (Å²) in [6.07, 6.45) is 4.69. The molecule has 2 aromatic heterocycles. The van der Waals surface area contributed by atoms with Crippen LogP contribution >= 0.6 is 11.6 Å². The van der Waals surface area contributed by atoms with Crippen LogP contribution in [-0.2, 0) is 22.1 Å². The van der Waals surface area contributed by atoms with Gasteiger partial charge in [-0.15, -0.1) is 11.6 Å². The van der Waals surface area contributed by atoms with Gasteiger partial charge in [0.05, 0.1) is 12.4 Å². The van der Waals surface area contributed by atoms with Crippen molar-refractivity contribution in [3.05, 3.63) is 35.8 Å². The highest BCUT2D eigenvalue weighted by Gasteiger charge is 2.12. The number of halogens is 1. The number of rotatable bonds is 4. The minimum Gasteiger partial charge on any atom is -0.234 e. The quantitative estimate of drug-likeness (QED) is 0.810. The molecule has 0 atom stereocenters. The Balaban J connectivity index is 2.49. The third kappa shape index (κ3) is 3.13. The molecular formula is C12H14ClN3O2S. The summed E-state index contributed by atoms with van der Waals surface area (Å²) in [7, 11) is -3.26. The number of aromatic nitrogens is 3. The summed E-state index contributed by atoms with van der Waals surface area (Å²) in [5, 5.41) is 4.04. The van der Waals surface area contributed by atoms with E-state index in [1.165, 1.54) is 17.1 Å². The van der Waals surface area contributed by atoms with Crippen molar-refractivity contribution in [2.75, 3.05) is 6.26 Å². The summed E-state index contributed by atoms with van der Waals surface area (Å²) < 4.78 is 24.3. The van der Waals surface area contributed by atoms with E-state index in [4.69, 9.17) is 11.6 Å². The molecule has 0 radical (unpaired) electrons. The monoisotopic (exact) mass is 299 g/mol. The van der Waals surface area contributed by atoms with Gasteiger partial charge in [-0.3, -0.25) is 0 Å². The van der Waals surface area contributed by atoms with Crippen molar-refractivity contribution in [2.24, 2.45) is 0 Å². The molecule has 2 rings (SSSR count). The Morgan fingerprint density at radius 2 is 2.11 bits per heavy atom. The van der Waals surface area contributed by atoms with Crippen LogP contribution < -0.4 is 0 Å². The van der Waals surface area contributed by atoms with Gasteiger partial charge in [-0.1, -0.05) is 6.92 Å². The van der Waals surface area contributed by atoms with Crippen molar-refractivity contribution in [1.82, 2.24) is 14.8 Å². The molecule has 0 saturated heterocycles. The highest BCUT2D eigenvalue weighted by Crippen LogP contribution is 2.15. The summed E-state index contributed by atoms with van der Waals surface area (Å²) in [6.45, 7) is 2.00. The fraction of sp³-hybridized carbons (Fsp3) is 0.333. The molecule has 2 heterocycles. The molecule has 7 heteroatoms. The van der Waals surface area contributed by atoms with E-state index in [1.807, 2.05) is 13.0 Å². The predicted octanol–water partition coefficient (Wildman–Crippen LogP) is 1.97. The van der Waals surface area contributed by atoms with Gasteiger partial charge in [-0.05, 0) is 24.1 Å². The molecule has 0 aromatic carbocycles. The maximum absolute atomic E-state index is 11.4. The average Bonchev–Trinajstić information content (AvgIpc) is 2.87. The van der Waals surface area contributed by atoms with Crippen molar-refractivity contribution < 1.29 is 8.42 Å². The summed E-state index contributed by atoms with van der Waals surface area (Å²) in [6, 6.07) is 3.72. The lowest BCUT2D eigenvalue weighted by Crippen LogP contribution is -2.02. The molecule has 0 N–H and O–H groups in total. The first kappa shape index (κ1) is 14.0. The lowest BCUT2D eigenvalue weighted by atomic mass is 10.2. The zero-order valence-corrected chi connectivity index (χ0v) is 12.2. The third-order valence-corrected chi connectivity index (χ3v) is 4.04. The van der Waals surface area contributed by atoms with Crippen molar-refractivity contribution in [3.63, 3.8) is 0 Å². The number of alkyl halides is 1. The Morgan fingerprint density at radius 3 is 2.63 bits per heavy atom. The molecule has 102 valence electrons. The van der Waals surface area contributed by atoms with Crippen molar-refractivity contribution >= 4 is 21.4 Å². The van der Waals surface area contributed by atoms with Crippen molar-refractivity contribution in [3.8, 4) is 5.82 Å².